The SMILES string of the molecule is O=C1OC(O)(O)C2CCCC(O)N12. The van der Waals surface area contributed by atoms with Crippen LogP contribution in [0.4, 0.5) is 4.79 Å². The molecule has 2 heterocycles. The molecule has 2 aliphatic heterocycles. The van der Waals surface area contributed by atoms with Gasteiger partial charge in [-0.15, -0.1) is 0 Å². The lowest BCUT2D eigenvalue weighted by molar-refractivity contribution is -0.309. The van der Waals surface area contributed by atoms with Gasteiger partial charge in [-0.1, -0.05) is 0 Å². The topological polar surface area (TPSA) is 90.2 Å². The summed E-state index contributed by atoms with van der Waals surface area (Å²) in [5.74, 6) is -2.45. The predicted molar refractivity (Wildman–Crippen MR) is 39.1 cm³/mol. The quantitative estimate of drug-likeness (QED) is 0.423. The molecule has 2 rings (SSSR count). The van der Waals surface area contributed by atoms with E-state index in [4.69, 9.17) is 0 Å². The average Bonchev–Trinajstić information content (AvgIpc) is 2.24. The van der Waals surface area contributed by atoms with E-state index in [9.17, 15) is 20.1 Å². The average molecular weight is 189 g/mol. The molecule has 2 aliphatic rings. The first-order chi connectivity index (χ1) is 6.02. The van der Waals surface area contributed by atoms with Gasteiger partial charge in [0.25, 0.3) is 0 Å². The Labute approximate surface area is 74.3 Å². The molecular weight excluding hydrogens is 178 g/mol. The number of amides is 1. The second-order valence-electron chi connectivity index (χ2n) is 3.36. The minimum Gasteiger partial charge on any atom is -0.389 e. The van der Waals surface area contributed by atoms with Crippen LogP contribution in [0.25, 0.3) is 0 Å². The highest BCUT2D eigenvalue weighted by Gasteiger charge is 2.55. The zero-order chi connectivity index (χ0) is 9.64. The number of fused-ring (bicyclic) bond motifs is 1. The maximum Gasteiger partial charge on any atom is 0.416 e. The molecule has 3 N–H and O–H groups in total. The Morgan fingerprint density at radius 3 is 2.77 bits per heavy atom. The van der Waals surface area contributed by atoms with Gasteiger partial charge in [-0.05, 0) is 19.3 Å². The maximum absolute atomic E-state index is 11.1. The summed E-state index contributed by atoms with van der Waals surface area (Å²) in [5.41, 5.74) is 0. The van der Waals surface area contributed by atoms with E-state index < -0.39 is 24.3 Å². The summed E-state index contributed by atoms with van der Waals surface area (Å²) in [6, 6.07) is -0.844. The molecule has 0 aromatic heterocycles. The molecule has 74 valence electrons. The van der Waals surface area contributed by atoms with Crippen molar-refractivity contribution in [2.45, 2.75) is 37.5 Å². The van der Waals surface area contributed by atoms with Crippen LogP contribution in [0.5, 0.6) is 0 Å². The standard InChI is InChI=1S/C7H11NO5/c9-5-3-1-2-4-7(11,12)13-6(10)8(4)5/h4-5,9,11-12H,1-3H2. The van der Waals surface area contributed by atoms with E-state index in [-0.39, 0.29) is 0 Å². The lowest BCUT2D eigenvalue weighted by atomic mass is 10.0. The molecule has 13 heavy (non-hydrogen) atoms. The van der Waals surface area contributed by atoms with Crippen LogP contribution >= 0.6 is 0 Å². The molecule has 2 atom stereocenters. The van der Waals surface area contributed by atoms with Crippen LogP contribution in [0.3, 0.4) is 0 Å². The first-order valence-electron chi connectivity index (χ1n) is 4.16. The van der Waals surface area contributed by atoms with E-state index in [1.165, 1.54) is 0 Å². The van der Waals surface area contributed by atoms with Gasteiger partial charge in [0.05, 0.1) is 0 Å². The highest BCUT2D eigenvalue weighted by Crippen LogP contribution is 2.34. The smallest absolute Gasteiger partial charge is 0.389 e. The molecule has 0 aromatic rings. The fourth-order valence-corrected chi connectivity index (χ4v) is 1.85. The van der Waals surface area contributed by atoms with Crippen LogP contribution in [0.2, 0.25) is 0 Å². The number of cyclic esters (lactones) is 1. The number of aliphatic hydroxyl groups excluding tert-OH is 1. The van der Waals surface area contributed by atoms with Crippen LogP contribution in [0.15, 0.2) is 0 Å². The molecule has 0 bridgehead atoms. The summed E-state index contributed by atoms with van der Waals surface area (Å²) in [6.45, 7) is 0. The summed E-state index contributed by atoms with van der Waals surface area (Å²) in [7, 11) is 0. The Morgan fingerprint density at radius 2 is 2.15 bits per heavy atom. The normalized spacial score (nSPS) is 37.2. The third-order valence-corrected chi connectivity index (χ3v) is 2.48. The van der Waals surface area contributed by atoms with Crippen molar-refractivity contribution >= 4 is 6.09 Å². The molecule has 2 fully saturated rings. The number of carbonyl (C=O) groups is 1. The monoisotopic (exact) mass is 189 g/mol. The number of carbonyl (C=O) groups excluding carboxylic acids is 1. The minimum absolute atomic E-state index is 0.426. The summed E-state index contributed by atoms with van der Waals surface area (Å²) in [4.78, 5) is 12.0. The van der Waals surface area contributed by atoms with Crippen molar-refractivity contribution in [2.24, 2.45) is 0 Å². The van der Waals surface area contributed by atoms with Gasteiger partial charge in [0.15, 0.2) is 0 Å². The summed E-state index contributed by atoms with van der Waals surface area (Å²) >= 11 is 0. The zero-order valence-corrected chi connectivity index (χ0v) is 6.88. The largest absolute Gasteiger partial charge is 0.416 e. The Bertz CT molecular complexity index is 241. The van der Waals surface area contributed by atoms with Crippen molar-refractivity contribution in [3.05, 3.63) is 0 Å². The molecule has 0 saturated carbocycles. The highest BCUT2D eigenvalue weighted by molar-refractivity contribution is 5.71. The fraction of sp³-hybridized carbons (Fsp3) is 0.857. The Kier molecular flexibility index (Phi) is 1.73. The van der Waals surface area contributed by atoms with Gasteiger partial charge in [-0.3, -0.25) is 4.90 Å². The van der Waals surface area contributed by atoms with Gasteiger partial charge in [0.2, 0.25) is 0 Å². The number of nitrogens with zero attached hydrogens (tertiary/aromatic N) is 1. The molecule has 2 unspecified atom stereocenters. The second-order valence-corrected chi connectivity index (χ2v) is 3.36. The lowest BCUT2D eigenvalue weighted by Gasteiger charge is -2.33. The van der Waals surface area contributed by atoms with E-state index in [0.717, 1.165) is 4.90 Å². The number of hydrogen-bond donors (Lipinski definition) is 3. The van der Waals surface area contributed by atoms with Crippen molar-refractivity contribution in [1.29, 1.82) is 0 Å². The van der Waals surface area contributed by atoms with Gasteiger partial charge in [-0.25, -0.2) is 4.79 Å². The number of ether oxygens (including phenoxy) is 1. The molecule has 0 radical (unpaired) electrons. The summed E-state index contributed by atoms with van der Waals surface area (Å²) < 4.78 is 4.30. The molecule has 6 heteroatoms. The highest BCUT2D eigenvalue weighted by atomic mass is 16.8. The Hall–Kier alpha value is -0.850. The van der Waals surface area contributed by atoms with Gasteiger partial charge in [0.1, 0.15) is 12.3 Å². The predicted octanol–water partition coefficient (Wildman–Crippen LogP) is -1.05. The van der Waals surface area contributed by atoms with Crippen molar-refractivity contribution in [1.82, 2.24) is 4.90 Å². The van der Waals surface area contributed by atoms with Gasteiger partial charge in [-0.2, -0.15) is 0 Å². The summed E-state index contributed by atoms with van der Waals surface area (Å²) in [6.07, 6.45) is -0.325. The van der Waals surface area contributed by atoms with Crippen LogP contribution in [-0.2, 0) is 4.74 Å². The molecule has 6 nitrogen and oxygen atoms in total. The van der Waals surface area contributed by atoms with E-state index in [1.807, 2.05) is 0 Å². The molecule has 2 saturated heterocycles. The Balaban J connectivity index is 2.26. The molecule has 0 spiro atoms. The number of hydrogen-bond acceptors (Lipinski definition) is 5. The van der Waals surface area contributed by atoms with Crippen molar-refractivity contribution < 1.29 is 24.9 Å². The van der Waals surface area contributed by atoms with E-state index in [2.05, 4.69) is 4.74 Å². The third-order valence-electron chi connectivity index (χ3n) is 2.48. The van der Waals surface area contributed by atoms with Crippen LogP contribution in [0, 0.1) is 0 Å². The van der Waals surface area contributed by atoms with Crippen molar-refractivity contribution in [2.75, 3.05) is 0 Å². The minimum atomic E-state index is -2.45. The Morgan fingerprint density at radius 1 is 1.46 bits per heavy atom. The zero-order valence-electron chi connectivity index (χ0n) is 6.88. The molecule has 0 aromatic carbocycles. The lowest BCUT2D eigenvalue weighted by Crippen LogP contribution is -2.51. The van der Waals surface area contributed by atoms with Crippen LogP contribution < -0.4 is 0 Å². The second kappa shape index (κ2) is 2.57. The first kappa shape index (κ1) is 8.74. The first-order valence-corrected chi connectivity index (χ1v) is 4.16. The molecule has 1 amide bonds. The molecular formula is C7H11NO5. The third kappa shape index (κ3) is 1.18. The van der Waals surface area contributed by atoms with E-state index in [1.54, 1.807) is 0 Å². The summed E-state index contributed by atoms with van der Waals surface area (Å²) in [5, 5.41) is 27.9. The van der Waals surface area contributed by atoms with Gasteiger partial charge < -0.3 is 20.1 Å². The number of piperidine rings is 1. The van der Waals surface area contributed by atoms with Crippen molar-refractivity contribution in [3.63, 3.8) is 0 Å². The van der Waals surface area contributed by atoms with E-state index >= 15 is 0 Å². The maximum atomic E-state index is 11.1. The van der Waals surface area contributed by atoms with Gasteiger partial charge >= 0.3 is 12.1 Å². The van der Waals surface area contributed by atoms with Gasteiger partial charge in [0, 0.05) is 0 Å². The molecule has 0 aliphatic carbocycles. The fourth-order valence-electron chi connectivity index (χ4n) is 1.85. The van der Waals surface area contributed by atoms with Crippen LogP contribution in [-0.4, -0.2) is 44.6 Å². The van der Waals surface area contributed by atoms with Crippen molar-refractivity contribution in [3.8, 4) is 0 Å². The van der Waals surface area contributed by atoms with Crippen LogP contribution in [0.1, 0.15) is 19.3 Å². The van der Waals surface area contributed by atoms with E-state index in [0.29, 0.717) is 19.3 Å². The number of rotatable bonds is 0. The number of aliphatic hydroxyl groups is 3.